The van der Waals surface area contributed by atoms with E-state index in [1.165, 1.54) is 33.5 Å². The number of benzene rings is 3. The lowest BCUT2D eigenvalue weighted by atomic mass is 9.88. The van der Waals surface area contributed by atoms with E-state index >= 15 is 0 Å². The van der Waals surface area contributed by atoms with Crippen molar-refractivity contribution in [1.29, 1.82) is 0 Å². The molecule has 1 N–H and O–H groups in total. The first-order chi connectivity index (χ1) is 16.5. The fourth-order valence-electron chi connectivity index (χ4n) is 5.22. The van der Waals surface area contributed by atoms with Crippen molar-refractivity contribution in [2.24, 2.45) is 0 Å². The Kier molecular flexibility index (Phi) is 4.87. The minimum absolute atomic E-state index is 0.184. The van der Waals surface area contributed by atoms with Gasteiger partial charge in [0, 0.05) is 23.8 Å². The number of phenolic OH excluding ortho intramolecular Hbond substituents is 1. The normalized spacial score (nSPS) is 13.8. The molecule has 2 aliphatic rings. The number of hydrogen-bond donors (Lipinski definition) is 1. The Labute approximate surface area is 199 Å². The molecule has 0 bridgehead atoms. The summed E-state index contributed by atoms with van der Waals surface area (Å²) in [6.45, 7) is 5.51. The first-order valence-electron chi connectivity index (χ1n) is 11.8. The van der Waals surface area contributed by atoms with E-state index in [2.05, 4.69) is 67.1 Å². The van der Waals surface area contributed by atoms with Crippen LogP contribution in [-0.2, 0) is 19.4 Å². The summed E-state index contributed by atoms with van der Waals surface area (Å²) in [6, 6.07) is 17.0. The summed E-state index contributed by atoms with van der Waals surface area (Å²) in [4.78, 5) is 0. The lowest BCUT2D eigenvalue weighted by molar-refractivity contribution is -0.686. The summed E-state index contributed by atoms with van der Waals surface area (Å²) >= 11 is 0. The highest BCUT2D eigenvalue weighted by Gasteiger charge is 2.32. The molecule has 3 aromatic carbocycles. The van der Waals surface area contributed by atoms with E-state index in [4.69, 9.17) is 14.2 Å². The van der Waals surface area contributed by atoms with Gasteiger partial charge < -0.3 is 19.3 Å². The first-order valence-corrected chi connectivity index (χ1v) is 11.8. The summed E-state index contributed by atoms with van der Waals surface area (Å²) in [5.41, 5.74) is 7.36. The van der Waals surface area contributed by atoms with Crippen LogP contribution < -0.4 is 18.8 Å². The van der Waals surface area contributed by atoms with Gasteiger partial charge in [0.2, 0.25) is 12.5 Å². The fourth-order valence-corrected chi connectivity index (χ4v) is 5.22. The van der Waals surface area contributed by atoms with Crippen molar-refractivity contribution in [2.45, 2.75) is 39.2 Å². The molecule has 172 valence electrons. The van der Waals surface area contributed by atoms with Crippen LogP contribution in [0.25, 0.3) is 22.0 Å². The van der Waals surface area contributed by atoms with Crippen molar-refractivity contribution in [2.75, 3.05) is 13.9 Å². The van der Waals surface area contributed by atoms with Gasteiger partial charge in [0.1, 0.15) is 0 Å². The van der Waals surface area contributed by atoms with Gasteiger partial charge in [-0.25, -0.2) is 0 Å². The molecule has 6 rings (SSSR count). The molecule has 0 unspecified atom stereocenters. The van der Waals surface area contributed by atoms with Gasteiger partial charge in [0.15, 0.2) is 35.7 Å². The Hall–Kier alpha value is -3.73. The number of phenols is 1. The Bertz CT molecular complexity index is 1420. The minimum Gasteiger partial charge on any atom is -0.504 e. The number of rotatable bonds is 4. The second-order valence-corrected chi connectivity index (χ2v) is 9.41. The van der Waals surface area contributed by atoms with Crippen molar-refractivity contribution in [3.8, 4) is 34.3 Å². The fraction of sp³-hybridized carbons (Fsp3) is 0.276. The third kappa shape index (κ3) is 3.26. The van der Waals surface area contributed by atoms with Crippen molar-refractivity contribution < 1.29 is 23.9 Å². The summed E-state index contributed by atoms with van der Waals surface area (Å²) in [5.74, 6) is 2.77. The van der Waals surface area contributed by atoms with E-state index < -0.39 is 0 Å². The Morgan fingerprint density at radius 1 is 1.00 bits per heavy atom. The van der Waals surface area contributed by atoms with Crippen LogP contribution in [-0.4, -0.2) is 19.0 Å². The molecule has 34 heavy (non-hydrogen) atoms. The third-order valence-electron chi connectivity index (χ3n) is 7.09. The smallest absolute Gasteiger partial charge is 0.231 e. The lowest BCUT2D eigenvalue weighted by Gasteiger charge is -2.20. The first kappa shape index (κ1) is 20.8. The third-order valence-corrected chi connectivity index (χ3v) is 7.09. The van der Waals surface area contributed by atoms with Gasteiger partial charge in [-0.3, -0.25) is 0 Å². The monoisotopic (exact) mass is 454 g/mol. The second-order valence-electron chi connectivity index (χ2n) is 9.41. The Morgan fingerprint density at radius 3 is 2.50 bits per heavy atom. The molecule has 0 radical (unpaired) electrons. The molecule has 2 aliphatic heterocycles. The van der Waals surface area contributed by atoms with Crippen molar-refractivity contribution in [1.82, 2.24) is 0 Å². The average Bonchev–Trinajstić information content (AvgIpc) is 3.30. The van der Waals surface area contributed by atoms with Crippen LogP contribution in [0.4, 0.5) is 0 Å². The van der Waals surface area contributed by atoms with Crippen molar-refractivity contribution in [3.63, 3.8) is 0 Å². The zero-order chi connectivity index (χ0) is 23.4. The summed E-state index contributed by atoms with van der Waals surface area (Å²) in [7, 11) is 1.59. The summed E-state index contributed by atoms with van der Waals surface area (Å²) in [6.07, 6.45) is 3.70. The molecule has 0 aliphatic carbocycles. The van der Waals surface area contributed by atoms with Crippen LogP contribution in [0.3, 0.4) is 0 Å². The number of pyridine rings is 1. The van der Waals surface area contributed by atoms with Crippen molar-refractivity contribution >= 4 is 10.8 Å². The molecule has 5 nitrogen and oxygen atoms in total. The molecular weight excluding hydrogens is 426 g/mol. The Morgan fingerprint density at radius 2 is 1.76 bits per heavy atom. The summed E-state index contributed by atoms with van der Waals surface area (Å²) < 4.78 is 19.0. The number of hydrogen-bond acceptors (Lipinski definition) is 4. The van der Waals surface area contributed by atoms with Crippen LogP contribution in [0.1, 0.15) is 42.0 Å². The highest BCUT2D eigenvalue weighted by molar-refractivity contribution is 5.95. The quantitative estimate of drug-likeness (QED) is 0.413. The van der Waals surface area contributed by atoms with Gasteiger partial charge in [-0.05, 0) is 46.9 Å². The van der Waals surface area contributed by atoms with E-state index in [9.17, 15) is 5.11 Å². The lowest BCUT2D eigenvalue weighted by Crippen LogP contribution is -2.41. The Balaban J connectivity index is 1.59. The zero-order valence-corrected chi connectivity index (χ0v) is 19.7. The minimum atomic E-state index is 0.184. The van der Waals surface area contributed by atoms with Gasteiger partial charge in [-0.2, -0.15) is 4.57 Å². The maximum absolute atomic E-state index is 11.0. The van der Waals surface area contributed by atoms with Crippen LogP contribution in [0.5, 0.6) is 23.0 Å². The predicted molar refractivity (Wildman–Crippen MR) is 131 cm³/mol. The molecule has 0 spiro atoms. The number of ether oxygens (including phenoxy) is 3. The molecule has 0 atom stereocenters. The van der Waals surface area contributed by atoms with E-state index in [0.717, 1.165) is 41.7 Å². The SMILES string of the molecule is COc1ccc2c(Cc3ccc(C(C)C)cc3)c3[n+](cc2c1O)CCc1cc2c(cc1-3)OCO2. The molecular formula is C29H28NO4+. The molecule has 0 fully saturated rings. The molecule has 0 amide bonds. The van der Waals surface area contributed by atoms with E-state index in [-0.39, 0.29) is 12.5 Å². The standard InChI is InChI=1S/C29H27NO4/c1-17(2)19-6-4-18(5-7-19)12-23-21-8-9-25(32-3)29(31)24(21)15-30-11-10-20-13-26-27(34-16-33-26)14-22(20)28(23)30/h4-9,13-15,17H,10-12,16H2,1-3H3/p+1. The zero-order valence-electron chi connectivity index (χ0n) is 19.7. The second kappa shape index (κ2) is 7.94. The van der Waals surface area contributed by atoms with Gasteiger partial charge >= 0.3 is 0 Å². The molecule has 5 heteroatoms. The van der Waals surface area contributed by atoms with Gasteiger partial charge in [0.25, 0.3) is 0 Å². The number of aromatic hydroxyl groups is 1. The number of fused-ring (bicyclic) bond motifs is 5. The number of aryl methyl sites for hydroxylation is 2. The van der Waals surface area contributed by atoms with Crippen LogP contribution in [0.15, 0.2) is 54.7 Å². The van der Waals surface area contributed by atoms with Crippen LogP contribution in [0, 0.1) is 0 Å². The highest BCUT2D eigenvalue weighted by atomic mass is 16.7. The van der Waals surface area contributed by atoms with E-state index in [0.29, 0.717) is 11.7 Å². The summed E-state index contributed by atoms with van der Waals surface area (Å²) in [5, 5.41) is 12.8. The van der Waals surface area contributed by atoms with Crippen LogP contribution in [0.2, 0.25) is 0 Å². The largest absolute Gasteiger partial charge is 0.504 e. The van der Waals surface area contributed by atoms with Crippen LogP contribution >= 0.6 is 0 Å². The maximum Gasteiger partial charge on any atom is 0.231 e. The molecule has 1 aromatic heterocycles. The predicted octanol–water partition coefficient (Wildman–Crippen LogP) is 5.51. The number of methoxy groups -OCH3 is 1. The molecule has 4 aromatic rings. The van der Waals surface area contributed by atoms with E-state index in [1.54, 1.807) is 7.11 Å². The molecule has 0 saturated heterocycles. The van der Waals surface area contributed by atoms with Gasteiger partial charge in [-0.1, -0.05) is 38.1 Å². The number of aromatic nitrogens is 1. The van der Waals surface area contributed by atoms with Gasteiger partial charge in [-0.15, -0.1) is 0 Å². The topological polar surface area (TPSA) is 51.8 Å². The van der Waals surface area contributed by atoms with E-state index in [1.807, 2.05) is 6.07 Å². The average molecular weight is 455 g/mol. The van der Waals surface area contributed by atoms with Crippen molar-refractivity contribution in [3.05, 3.63) is 77.0 Å². The molecule has 0 saturated carbocycles. The highest BCUT2D eigenvalue weighted by Crippen LogP contribution is 2.43. The number of nitrogens with zero attached hydrogens (tertiary/aromatic N) is 1. The maximum atomic E-state index is 11.0. The van der Waals surface area contributed by atoms with Gasteiger partial charge in [0.05, 0.1) is 18.1 Å². The molecule has 3 heterocycles.